The number of aromatic nitrogens is 1. The Labute approximate surface area is 86.3 Å². The van der Waals surface area contributed by atoms with E-state index >= 15 is 0 Å². The van der Waals surface area contributed by atoms with Gasteiger partial charge in [-0.2, -0.15) is 4.37 Å². The van der Waals surface area contributed by atoms with Crippen LogP contribution in [0.1, 0.15) is 10.4 Å². The first-order valence-electron chi connectivity index (χ1n) is 3.47. The standard InChI is InChI=1S/C8H4BrNO2S/c9-7-5-3-4(8(11)12)1-2-6(5)13-10-7/h1-3H,(H,11,12). The molecular weight excluding hydrogens is 254 g/mol. The first kappa shape index (κ1) is 8.65. The van der Waals surface area contributed by atoms with E-state index in [0.717, 1.165) is 10.1 Å². The molecule has 0 saturated heterocycles. The molecule has 0 atom stereocenters. The van der Waals surface area contributed by atoms with Gasteiger partial charge in [-0.3, -0.25) is 0 Å². The van der Waals surface area contributed by atoms with Gasteiger partial charge in [0.1, 0.15) is 4.60 Å². The Bertz CT molecular complexity index is 480. The lowest BCUT2D eigenvalue weighted by Gasteiger charge is -1.93. The van der Waals surface area contributed by atoms with Crippen molar-refractivity contribution in [3.8, 4) is 0 Å². The molecule has 0 bridgehead atoms. The number of aromatic carboxylic acids is 1. The molecule has 2 aromatic rings. The number of rotatable bonds is 1. The second-order valence-corrected chi connectivity index (χ2v) is 4.05. The summed E-state index contributed by atoms with van der Waals surface area (Å²) >= 11 is 4.60. The van der Waals surface area contributed by atoms with Gasteiger partial charge in [-0.05, 0) is 45.7 Å². The number of carboxylic acids is 1. The van der Waals surface area contributed by atoms with Crippen LogP contribution in [0.3, 0.4) is 0 Å². The number of carbonyl (C=O) groups is 1. The van der Waals surface area contributed by atoms with Gasteiger partial charge in [0.25, 0.3) is 0 Å². The lowest BCUT2D eigenvalue weighted by molar-refractivity contribution is 0.0697. The Balaban J connectivity index is 2.72. The van der Waals surface area contributed by atoms with E-state index in [0.29, 0.717) is 4.60 Å². The minimum atomic E-state index is -0.917. The zero-order valence-electron chi connectivity index (χ0n) is 6.32. The number of benzene rings is 1. The van der Waals surface area contributed by atoms with Gasteiger partial charge in [0.2, 0.25) is 0 Å². The summed E-state index contributed by atoms with van der Waals surface area (Å²) in [7, 11) is 0. The minimum Gasteiger partial charge on any atom is -0.478 e. The van der Waals surface area contributed by atoms with Gasteiger partial charge in [0.05, 0.1) is 10.3 Å². The van der Waals surface area contributed by atoms with Crippen molar-refractivity contribution in [1.82, 2.24) is 4.37 Å². The van der Waals surface area contributed by atoms with Gasteiger partial charge in [-0.1, -0.05) is 0 Å². The molecule has 13 heavy (non-hydrogen) atoms. The van der Waals surface area contributed by atoms with Crippen LogP contribution in [0, 0.1) is 0 Å². The summed E-state index contributed by atoms with van der Waals surface area (Å²) in [4.78, 5) is 10.6. The summed E-state index contributed by atoms with van der Waals surface area (Å²) < 4.78 is 5.75. The van der Waals surface area contributed by atoms with E-state index in [2.05, 4.69) is 20.3 Å². The maximum atomic E-state index is 10.6. The third-order valence-electron chi connectivity index (χ3n) is 1.67. The van der Waals surface area contributed by atoms with Crippen LogP contribution in [0.4, 0.5) is 0 Å². The highest BCUT2D eigenvalue weighted by Crippen LogP contribution is 2.27. The Morgan fingerprint density at radius 2 is 2.31 bits per heavy atom. The molecule has 2 rings (SSSR count). The van der Waals surface area contributed by atoms with Gasteiger partial charge >= 0.3 is 5.97 Å². The SMILES string of the molecule is O=C(O)c1ccc2snc(Br)c2c1. The highest BCUT2D eigenvalue weighted by molar-refractivity contribution is 9.10. The summed E-state index contributed by atoms with van der Waals surface area (Å²) in [5.41, 5.74) is 0.286. The van der Waals surface area contributed by atoms with E-state index < -0.39 is 5.97 Å². The van der Waals surface area contributed by atoms with Crippen LogP contribution in [0.5, 0.6) is 0 Å². The van der Waals surface area contributed by atoms with Crippen molar-refractivity contribution in [2.24, 2.45) is 0 Å². The number of nitrogens with zero attached hydrogens (tertiary/aromatic N) is 1. The van der Waals surface area contributed by atoms with E-state index in [9.17, 15) is 4.79 Å². The zero-order valence-corrected chi connectivity index (χ0v) is 8.72. The Hall–Kier alpha value is -0.940. The van der Waals surface area contributed by atoms with Gasteiger partial charge in [-0.15, -0.1) is 0 Å². The zero-order chi connectivity index (χ0) is 9.42. The van der Waals surface area contributed by atoms with Crippen LogP contribution in [0.15, 0.2) is 22.8 Å². The van der Waals surface area contributed by atoms with Crippen molar-refractivity contribution in [2.45, 2.75) is 0 Å². The topological polar surface area (TPSA) is 50.2 Å². The van der Waals surface area contributed by atoms with Crippen LogP contribution < -0.4 is 0 Å². The average molecular weight is 258 g/mol. The molecule has 1 aromatic heterocycles. The molecule has 0 saturated carbocycles. The molecular formula is C8H4BrNO2S. The fourth-order valence-electron chi connectivity index (χ4n) is 1.04. The van der Waals surface area contributed by atoms with Crippen LogP contribution in [-0.2, 0) is 0 Å². The second-order valence-electron chi connectivity index (χ2n) is 2.49. The number of carboxylic acid groups (broad SMARTS) is 1. The molecule has 0 aliphatic carbocycles. The summed E-state index contributed by atoms with van der Waals surface area (Å²) in [6, 6.07) is 4.96. The first-order valence-corrected chi connectivity index (χ1v) is 5.03. The van der Waals surface area contributed by atoms with Crippen molar-refractivity contribution >= 4 is 43.5 Å². The molecule has 0 aliphatic heterocycles. The minimum absolute atomic E-state index is 0.286. The molecule has 0 radical (unpaired) electrons. The first-order chi connectivity index (χ1) is 6.18. The predicted octanol–water partition coefficient (Wildman–Crippen LogP) is 2.76. The van der Waals surface area contributed by atoms with Crippen molar-refractivity contribution in [3.63, 3.8) is 0 Å². The molecule has 5 heteroatoms. The smallest absolute Gasteiger partial charge is 0.335 e. The molecule has 1 N–H and O–H groups in total. The normalized spacial score (nSPS) is 10.5. The molecule has 1 aromatic carbocycles. The highest BCUT2D eigenvalue weighted by Gasteiger charge is 2.07. The van der Waals surface area contributed by atoms with Crippen LogP contribution >= 0.6 is 27.5 Å². The summed E-state index contributed by atoms with van der Waals surface area (Å²) in [6.45, 7) is 0. The van der Waals surface area contributed by atoms with Gasteiger partial charge < -0.3 is 5.11 Å². The van der Waals surface area contributed by atoms with Crippen LogP contribution in [0.2, 0.25) is 0 Å². The fraction of sp³-hybridized carbons (Fsp3) is 0. The Kier molecular flexibility index (Phi) is 2.05. The molecule has 66 valence electrons. The number of halogens is 1. The van der Waals surface area contributed by atoms with E-state index in [1.54, 1.807) is 18.2 Å². The molecule has 1 heterocycles. The average Bonchev–Trinajstić information content (AvgIpc) is 2.47. The summed E-state index contributed by atoms with van der Waals surface area (Å²) in [5, 5.41) is 9.59. The third kappa shape index (κ3) is 1.45. The summed E-state index contributed by atoms with van der Waals surface area (Å²) in [5.74, 6) is -0.917. The Morgan fingerprint density at radius 3 is 3.00 bits per heavy atom. The number of hydrogen-bond donors (Lipinski definition) is 1. The number of hydrogen-bond acceptors (Lipinski definition) is 3. The van der Waals surface area contributed by atoms with Crippen molar-refractivity contribution < 1.29 is 9.90 Å². The lowest BCUT2D eigenvalue weighted by Crippen LogP contribution is -1.94. The van der Waals surface area contributed by atoms with E-state index in [-0.39, 0.29) is 5.56 Å². The van der Waals surface area contributed by atoms with Crippen molar-refractivity contribution in [3.05, 3.63) is 28.4 Å². The fourth-order valence-corrected chi connectivity index (χ4v) is 2.38. The number of fused-ring (bicyclic) bond motifs is 1. The molecule has 0 aliphatic rings. The van der Waals surface area contributed by atoms with E-state index in [1.165, 1.54) is 11.5 Å². The predicted molar refractivity (Wildman–Crippen MR) is 54.3 cm³/mol. The third-order valence-corrected chi connectivity index (χ3v) is 3.34. The quantitative estimate of drug-likeness (QED) is 0.855. The van der Waals surface area contributed by atoms with Gasteiger partial charge in [0, 0.05) is 5.39 Å². The van der Waals surface area contributed by atoms with Crippen LogP contribution in [-0.4, -0.2) is 15.4 Å². The maximum Gasteiger partial charge on any atom is 0.335 e. The monoisotopic (exact) mass is 257 g/mol. The highest BCUT2D eigenvalue weighted by atomic mass is 79.9. The van der Waals surface area contributed by atoms with Crippen molar-refractivity contribution in [1.29, 1.82) is 0 Å². The largest absolute Gasteiger partial charge is 0.478 e. The van der Waals surface area contributed by atoms with Crippen molar-refractivity contribution in [2.75, 3.05) is 0 Å². The molecule has 0 amide bonds. The molecule has 3 nitrogen and oxygen atoms in total. The van der Waals surface area contributed by atoms with E-state index in [1.807, 2.05) is 0 Å². The summed E-state index contributed by atoms with van der Waals surface area (Å²) in [6.07, 6.45) is 0. The van der Waals surface area contributed by atoms with Gasteiger partial charge in [0.15, 0.2) is 0 Å². The second kappa shape index (κ2) is 3.08. The molecule has 0 spiro atoms. The molecule has 0 unspecified atom stereocenters. The molecule has 0 fully saturated rings. The van der Waals surface area contributed by atoms with Gasteiger partial charge in [-0.25, -0.2) is 4.79 Å². The maximum absolute atomic E-state index is 10.6. The van der Waals surface area contributed by atoms with E-state index in [4.69, 9.17) is 5.11 Å². The lowest BCUT2D eigenvalue weighted by atomic mass is 10.2. The Morgan fingerprint density at radius 1 is 1.54 bits per heavy atom. The van der Waals surface area contributed by atoms with Crippen LogP contribution in [0.25, 0.3) is 10.1 Å².